The summed E-state index contributed by atoms with van der Waals surface area (Å²) in [6.45, 7) is 0.942. The van der Waals surface area contributed by atoms with Crippen LogP contribution in [0.4, 0.5) is 5.69 Å². The normalized spacial score (nSPS) is 14.8. The minimum atomic E-state index is -3.74. The van der Waals surface area contributed by atoms with E-state index in [1.165, 1.54) is 43.8 Å². The van der Waals surface area contributed by atoms with E-state index in [1.54, 1.807) is 24.3 Å². The summed E-state index contributed by atoms with van der Waals surface area (Å²) in [5, 5.41) is 3.04. The molecule has 178 valence electrons. The van der Waals surface area contributed by atoms with Crippen LogP contribution in [-0.4, -0.2) is 53.0 Å². The third kappa shape index (κ3) is 5.79. The van der Waals surface area contributed by atoms with Crippen LogP contribution in [0.5, 0.6) is 17.2 Å². The SMILES string of the molecule is COc1ccc(NC(=O)C=Cc2cc(Cl)c(OC)c(OC)c2)cc1S(=O)(=O)N1CCCCC1. The van der Waals surface area contributed by atoms with Gasteiger partial charge < -0.3 is 19.5 Å². The van der Waals surface area contributed by atoms with E-state index < -0.39 is 15.9 Å². The van der Waals surface area contributed by atoms with E-state index in [0.29, 0.717) is 40.9 Å². The fourth-order valence-corrected chi connectivity index (χ4v) is 5.59. The lowest BCUT2D eigenvalue weighted by atomic mass is 10.2. The van der Waals surface area contributed by atoms with Crippen LogP contribution in [0.2, 0.25) is 5.02 Å². The molecule has 0 saturated carbocycles. The van der Waals surface area contributed by atoms with Crippen LogP contribution in [0.15, 0.2) is 41.3 Å². The van der Waals surface area contributed by atoms with Gasteiger partial charge in [0.05, 0.1) is 26.4 Å². The number of carbonyl (C=O) groups excluding carboxylic acids is 1. The van der Waals surface area contributed by atoms with Gasteiger partial charge in [-0.25, -0.2) is 8.42 Å². The number of anilines is 1. The predicted octanol–water partition coefficient (Wildman–Crippen LogP) is 4.19. The Bertz CT molecular complexity index is 1140. The quantitative estimate of drug-likeness (QED) is 0.553. The molecule has 0 radical (unpaired) electrons. The van der Waals surface area contributed by atoms with Gasteiger partial charge in [0.25, 0.3) is 0 Å². The highest BCUT2D eigenvalue weighted by Gasteiger charge is 2.29. The summed E-state index contributed by atoms with van der Waals surface area (Å²) in [6.07, 6.45) is 5.54. The van der Waals surface area contributed by atoms with E-state index in [1.807, 2.05) is 0 Å². The number of carbonyl (C=O) groups is 1. The van der Waals surface area contributed by atoms with Gasteiger partial charge in [0, 0.05) is 24.9 Å². The molecule has 2 aromatic rings. The fourth-order valence-electron chi connectivity index (χ4n) is 3.59. The molecule has 1 amide bonds. The fraction of sp³-hybridized carbons (Fsp3) is 0.348. The van der Waals surface area contributed by atoms with Crippen LogP contribution < -0.4 is 19.5 Å². The van der Waals surface area contributed by atoms with Crippen LogP contribution in [-0.2, 0) is 14.8 Å². The highest BCUT2D eigenvalue weighted by Crippen LogP contribution is 2.36. The number of hydrogen-bond acceptors (Lipinski definition) is 6. The highest BCUT2D eigenvalue weighted by atomic mass is 35.5. The molecule has 10 heteroatoms. The predicted molar refractivity (Wildman–Crippen MR) is 128 cm³/mol. The Balaban J connectivity index is 1.80. The monoisotopic (exact) mass is 494 g/mol. The van der Waals surface area contributed by atoms with Gasteiger partial charge >= 0.3 is 0 Å². The number of halogens is 1. The number of benzene rings is 2. The Hall–Kier alpha value is -2.75. The maximum atomic E-state index is 13.1. The molecule has 0 unspecified atom stereocenters. The summed E-state index contributed by atoms with van der Waals surface area (Å²) in [4.78, 5) is 12.5. The van der Waals surface area contributed by atoms with Crippen molar-refractivity contribution < 1.29 is 27.4 Å². The Kier molecular flexibility index (Phi) is 8.23. The van der Waals surface area contributed by atoms with Gasteiger partial charge in [0.2, 0.25) is 15.9 Å². The van der Waals surface area contributed by atoms with Crippen LogP contribution >= 0.6 is 11.6 Å². The molecular weight excluding hydrogens is 468 g/mol. The number of hydrogen-bond donors (Lipinski definition) is 1. The average Bonchev–Trinajstić information content (AvgIpc) is 2.82. The lowest BCUT2D eigenvalue weighted by Gasteiger charge is -2.26. The molecule has 33 heavy (non-hydrogen) atoms. The van der Waals surface area contributed by atoms with Gasteiger partial charge in [-0.05, 0) is 54.8 Å². The molecule has 1 fully saturated rings. The highest BCUT2D eigenvalue weighted by molar-refractivity contribution is 7.89. The maximum Gasteiger partial charge on any atom is 0.248 e. The second-order valence-electron chi connectivity index (χ2n) is 7.39. The van der Waals surface area contributed by atoms with Crippen molar-refractivity contribution in [2.24, 2.45) is 0 Å². The molecule has 1 aliphatic rings. The van der Waals surface area contributed by atoms with E-state index in [2.05, 4.69) is 5.32 Å². The third-order valence-electron chi connectivity index (χ3n) is 5.25. The molecule has 1 N–H and O–H groups in total. The van der Waals surface area contributed by atoms with Crippen molar-refractivity contribution in [1.29, 1.82) is 0 Å². The Labute approximate surface area is 199 Å². The van der Waals surface area contributed by atoms with Gasteiger partial charge in [-0.1, -0.05) is 18.0 Å². The number of methoxy groups -OCH3 is 3. The largest absolute Gasteiger partial charge is 0.495 e. The van der Waals surface area contributed by atoms with Crippen molar-refractivity contribution in [3.05, 3.63) is 47.0 Å². The summed E-state index contributed by atoms with van der Waals surface area (Å²) in [5.41, 5.74) is 0.974. The number of sulfonamides is 1. The lowest BCUT2D eigenvalue weighted by Crippen LogP contribution is -2.35. The number of nitrogens with one attached hydrogen (secondary N) is 1. The zero-order valence-corrected chi connectivity index (χ0v) is 20.3. The van der Waals surface area contributed by atoms with E-state index in [4.69, 9.17) is 25.8 Å². The van der Waals surface area contributed by atoms with Crippen LogP contribution in [0.25, 0.3) is 6.08 Å². The van der Waals surface area contributed by atoms with Gasteiger partial charge in [-0.2, -0.15) is 4.31 Å². The average molecular weight is 495 g/mol. The topological polar surface area (TPSA) is 94.2 Å². The zero-order chi connectivity index (χ0) is 24.0. The minimum Gasteiger partial charge on any atom is -0.495 e. The molecule has 0 spiro atoms. The summed E-state index contributed by atoms with van der Waals surface area (Å²) in [5.74, 6) is 0.635. The maximum absolute atomic E-state index is 13.1. The van der Waals surface area contributed by atoms with Gasteiger partial charge in [0.15, 0.2) is 11.5 Å². The van der Waals surface area contributed by atoms with Crippen molar-refractivity contribution in [2.45, 2.75) is 24.2 Å². The summed E-state index contributed by atoms with van der Waals surface area (Å²) >= 11 is 6.20. The third-order valence-corrected chi connectivity index (χ3v) is 7.45. The molecule has 0 aliphatic carbocycles. The van der Waals surface area contributed by atoms with Crippen molar-refractivity contribution in [3.63, 3.8) is 0 Å². The standard InChI is InChI=1S/C23H27ClN2O6S/c1-30-19-9-8-17(15-21(19)33(28,29)26-11-5-4-6-12-26)25-22(27)10-7-16-13-18(24)23(32-3)20(14-16)31-2/h7-10,13-15H,4-6,11-12H2,1-3H3,(H,25,27). The van der Waals surface area contributed by atoms with E-state index in [0.717, 1.165) is 19.3 Å². The molecule has 0 bridgehead atoms. The first-order valence-electron chi connectivity index (χ1n) is 10.4. The van der Waals surface area contributed by atoms with Crippen molar-refractivity contribution >= 4 is 39.3 Å². The van der Waals surface area contributed by atoms with Gasteiger partial charge in [-0.15, -0.1) is 0 Å². The second-order valence-corrected chi connectivity index (χ2v) is 9.70. The van der Waals surface area contributed by atoms with E-state index in [9.17, 15) is 13.2 Å². The molecule has 2 aromatic carbocycles. The van der Waals surface area contributed by atoms with Gasteiger partial charge in [0.1, 0.15) is 10.6 Å². The van der Waals surface area contributed by atoms with Gasteiger partial charge in [-0.3, -0.25) is 4.79 Å². The molecule has 0 atom stereocenters. The summed E-state index contributed by atoms with van der Waals surface area (Å²) in [7, 11) is 0.659. The number of piperidine rings is 1. The lowest BCUT2D eigenvalue weighted by molar-refractivity contribution is -0.111. The molecule has 1 saturated heterocycles. The van der Waals surface area contributed by atoms with E-state index >= 15 is 0 Å². The zero-order valence-electron chi connectivity index (χ0n) is 18.8. The molecule has 0 aromatic heterocycles. The van der Waals surface area contributed by atoms with Crippen molar-refractivity contribution in [1.82, 2.24) is 4.31 Å². The first-order valence-corrected chi connectivity index (χ1v) is 12.2. The Morgan fingerprint density at radius 3 is 2.33 bits per heavy atom. The number of amides is 1. The summed E-state index contributed by atoms with van der Waals surface area (Å²) < 4.78 is 43.5. The molecule has 1 aliphatic heterocycles. The van der Waals surface area contributed by atoms with E-state index in [-0.39, 0.29) is 10.6 Å². The molecule has 1 heterocycles. The van der Waals surface area contributed by atoms with Crippen molar-refractivity contribution in [2.75, 3.05) is 39.7 Å². The number of nitrogens with zero attached hydrogens (tertiary/aromatic N) is 1. The molecular formula is C23H27ClN2O6S. The minimum absolute atomic E-state index is 0.0281. The molecule has 8 nitrogen and oxygen atoms in total. The van der Waals surface area contributed by atoms with Crippen molar-refractivity contribution in [3.8, 4) is 17.2 Å². The van der Waals surface area contributed by atoms with Crippen LogP contribution in [0.3, 0.4) is 0 Å². The number of rotatable bonds is 8. The van der Waals surface area contributed by atoms with Crippen LogP contribution in [0.1, 0.15) is 24.8 Å². The second kappa shape index (κ2) is 10.9. The number of ether oxygens (including phenoxy) is 3. The Morgan fingerprint density at radius 2 is 1.70 bits per heavy atom. The summed E-state index contributed by atoms with van der Waals surface area (Å²) in [6, 6.07) is 7.87. The first kappa shape index (κ1) is 24.9. The smallest absolute Gasteiger partial charge is 0.248 e. The Morgan fingerprint density at radius 1 is 1.00 bits per heavy atom. The first-order chi connectivity index (χ1) is 15.8. The van der Waals surface area contributed by atoms with Crippen LogP contribution in [0, 0.1) is 0 Å². The molecule has 3 rings (SSSR count).